The van der Waals surface area contributed by atoms with Crippen LogP contribution in [0.25, 0.3) is 0 Å². The Kier molecular flexibility index (Phi) is 6.38. The van der Waals surface area contributed by atoms with Crippen LogP contribution in [0, 0.1) is 18.3 Å². The molecule has 2 N–H and O–H groups in total. The molecular formula is C18H23N5O. The molecule has 24 heavy (non-hydrogen) atoms. The maximum Gasteiger partial charge on any atom is 0.315 e. The second kappa shape index (κ2) is 8.73. The van der Waals surface area contributed by atoms with Gasteiger partial charge in [0.25, 0.3) is 0 Å². The minimum absolute atomic E-state index is 0.105. The summed E-state index contributed by atoms with van der Waals surface area (Å²) < 4.78 is 2.10. The first kappa shape index (κ1) is 17.5. The highest BCUT2D eigenvalue weighted by molar-refractivity contribution is 5.74. The average Bonchev–Trinajstić information content (AvgIpc) is 2.99. The van der Waals surface area contributed by atoms with Crippen molar-refractivity contribution < 1.29 is 4.79 Å². The van der Waals surface area contributed by atoms with Crippen LogP contribution in [0.3, 0.4) is 0 Å². The van der Waals surface area contributed by atoms with E-state index < -0.39 is 0 Å². The average molecular weight is 325 g/mol. The second-order valence-corrected chi connectivity index (χ2v) is 5.73. The van der Waals surface area contributed by atoms with Gasteiger partial charge in [0.05, 0.1) is 17.7 Å². The highest BCUT2D eigenvalue weighted by Gasteiger charge is 2.08. The Morgan fingerprint density at radius 1 is 1.33 bits per heavy atom. The SMILES string of the molecule is Cc1nccn1CCCCNC(=O)NC(C)c1ccc(C#N)cc1. The van der Waals surface area contributed by atoms with Gasteiger partial charge >= 0.3 is 6.03 Å². The third kappa shape index (κ3) is 5.13. The second-order valence-electron chi connectivity index (χ2n) is 5.73. The van der Waals surface area contributed by atoms with Crippen LogP contribution in [0.5, 0.6) is 0 Å². The van der Waals surface area contributed by atoms with E-state index in [1.165, 1.54) is 0 Å². The molecule has 0 spiro atoms. The lowest BCUT2D eigenvalue weighted by Crippen LogP contribution is -2.37. The number of carbonyl (C=O) groups is 1. The summed E-state index contributed by atoms with van der Waals surface area (Å²) in [7, 11) is 0. The third-order valence-electron chi connectivity index (χ3n) is 3.92. The van der Waals surface area contributed by atoms with Gasteiger partial charge in [0.15, 0.2) is 0 Å². The molecule has 0 bridgehead atoms. The Morgan fingerprint density at radius 2 is 2.08 bits per heavy atom. The van der Waals surface area contributed by atoms with E-state index >= 15 is 0 Å². The molecule has 1 aromatic carbocycles. The van der Waals surface area contributed by atoms with Gasteiger partial charge in [-0.1, -0.05) is 12.1 Å². The van der Waals surface area contributed by atoms with Gasteiger partial charge in [-0.15, -0.1) is 0 Å². The van der Waals surface area contributed by atoms with Gasteiger partial charge in [-0.25, -0.2) is 9.78 Å². The number of carbonyl (C=O) groups excluding carboxylic acids is 1. The highest BCUT2D eigenvalue weighted by Crippen LogP contribution is 2.12. The predicted octanol–water partition coefficient (Wildman–Crippen LogP) is 2.90. The lowest BCUT2D eigenvalue weighted by atomic mass is 10.1. The van der Waals surface area contributed by atoms with E-state index in [1.807, 2.05) is 32.2 Å². The Hall–Kier alpha value is -2.81. The van der Waals surface area contributed by atoms with Crippen LogP contribution >= 0.6 is 0 Å². The summed E-state index contributed by atoms with van der Waals surface area (Å²) in [6.07, 6.45) is 5.67. The van der Waals surface area contributed by atoms with E-state index in [1.54, 1.807) is 18.3 Å². The van der Waals surface area contributed by atoms with Crippen LogP contribution in [-0.4, -0.2) is 22.1 Å². The zero-order chi connectivity index (χ0) is 17.4. The molecule has 2 aromatic rings. The van der Waals surface area contributed by atoms with E-state index in [9.17, 15) is 4.79 Å². The highest BCUT2D eigenvalue weighted by atomic mass is 16.2. The zero-order valence-corrected chi connectivity index (χ0v) is 14.1. The first-order valence-corrected chi connectivity index (χ1v) is 8.12. The fraction of sp³-hybridized carbons (Fsp3) is 0.389. The van der Waals surface area contributed by atoms with Gasteiger partial charge in [-0.05, 0) is 44.4 Å². The van der Waals surface area contributed by atoms with Crippen molar-refractivity contribution in [2.24, 2.45) is 0 Å². The molecule has 2 amide bonds. The van der Waals surface area contributed by atoms with Crippen LogP contribution in [0.2, 0.25) is 0 Å². The monoisotopic (exact) mass is 325 g/mol. The summed E-state index contributed by atoms with van der Waals surface area (Å²) in [6, 6.07) is 9.02. The number of hydrogen-bond donors (Lipinski definition) is 2. The number of imidazole rings is 1. The number of nitriles is 1. The molecule has 126 valence electrons. The van der Waals surface area contributed by atoms with E-state index in [-0.39, 0.29) is 12.1 Å². The van der Waals surface area contributed by atoms with Crippen molar-refractivity contribution in [2.45, 2.75) is 39.3 Å². The van der Waals surface area contributed by atoms with Gasteiger partial charge < -0.3 is 15.2 Å². The number of amides is 2. The minimum Gasteiger partial charge on any atom is -0.338 e. The molecule has 0 radical (unpaired) electrons. The van der Waals surface area contributed by atoms with Crippen molar-refractivity contribution in [1.82, 2.24) is 20.2 Å². The van der Waals surface area contributed by atoms with Gasteiger partial charge in [0, 0.05) is 25.5 Å². The van der Waals surface area contributed by atoms with Crippen molar-refractivity contribution in [3.8, 4) is 6.07 Å². The molecule has 0 aliphatic rings. The molecule has 0 saturated carbocycles. The number of nitrogens with zero attached hydrogens (tertiary/aromatic N) is 3. The number of urea groups is 1. The quantitative estimate of drug-likeness (QED) is 0.768. The normalized spacial score (nSPS) is 11.5. The first-order chi connectivity index (χ1) is 11.6. The van der Waals surface area contributed by atoms with Crippen molar-refractivity contribution in [2.75, 3.05) is 6.54 Å². The van der Waals surface area contributed by atoms with Crippen LogP contribution in [0.15, 0.2) is 36.7 Å². The summed E-state index contributed by atoms with van der Waals surface area (Å²) >= 11 is 0. The van der Waals surface area contributed by atoms with Gasteiger partial charge in [-0.3, -0.25) is 0 Å². The van der Waals surface area contributed by atoms with Crippen LogP contribution in [0.1, 0.15) is 42.8 Å². The summed E-state index contributed by atoms with van der Waals surface area (Å²) in [5, 5.41) is 14.6. The first-order valence-electron chi connectivity index (χ1n) is 8.12. The smallest absolute Gasteiger partial charge is 0.315 e. The zero-order valence-electron chi connectivity index (χ0n) is 14.1. The minimum atomic E-state index is -0.175. The lowest BCUT2D eigenvalue weighted by Gasteiger charge is -2.15. The molecule has 1 unspecified atom stereocenters. The van der Waals surface area contributed by atoms with Crippen LogP contribution < -0.4 is 10.6 Å². The standard InChI is InChI=1S/C18H23N5O/c1-14(17-7-5-16(13-19)6-8-17)22-18(24)21-9-3-4-11-23-12-10-20-15(23)2/h5-8,10,12,14H,3-4,9,11H2,1-2H3,(H2,21,22,24). The van der Waals surface area contributed by atoms with E-state index in [2.05, 4.69) is 26.3 Å². The van der Waals surface area contributed by atoms with Crippen LogP contribution in [-0.2, 0) is 6.54 Å². The molecular weight excluding hydrogens is 302 g/mol. The summed E-state index contributed by atoms with van der Waals surface area (Å²) in [6.45, 7) is 5.45. The summed E-state index contributed by atoms with van der Waals surface area (Å²) in [4.78, 5) is 16.1. The van der Waals surface area contributed by atoms with Crippen LogP contribution in [0.4, 0.5) is 4.79 Å². The number of unbranched alkanes of at least 4 members (excludes halogenated alkanes) is 1. The van der Waals surface area contributed by atoms with Crippen molar-refractivity contribution in [1.29, 1.82) is 5.26 Å². The molecule has 0 aliphatic carbocycles. The Morgan fingerprint density at radius 3 is 2.71 bits per heavy atom. The lowest BCUT2D eigenvalue weighted by molar-refractivity contribution is 0.237. The molecule has 2 rings (SSSR count). The summed E-state index contributed by atoms with van der Waals surface area (Å²) in [5.41, 5.74) is 1.59. The van der Waals surface area contributed by atoms with Gasteiger partial charge in [-0.2, -0.15) is 5.26 Å². The number of aryl methyl sites for hydroxylation is 2. The summed E-state index contributed by atoms with van der Waals surface area (Å²) in [5.74, 6) is 1.01. The largest absolute Gasteiger partial charge is 0.338 e. The van der Waals surface area contributed by atoms with Crippen molar-refractivity contribution in [3.63, 3.8) is 0 Å². The van der Waals surface area contributed by atoms with Crippen molar-refractivity contribution >= 4 is 6.03 Å². The molecule has 6 nitrogen and oxygen atoms in total. The number of nitrogens with one attached hydrogen (secondary N) is 2. The molecule has 0 saturated heterocycles. The molecule has 1 aromatic heterocycles. The maximum absolute atomic E-state index is 11.9. The number of rotatable bonds is 7. The maximum atomic E-state index is 11.9. The molecule has 6 heteroatoms. The number of hydrogen-bond acceptors (Lipinski definition) is 3. The molecule has 0 aliphatic heterocycles. The topological polar surface area (TPSA) is 82.7 Å². The fourth-order valence-electron chi connectivity index (χ4n) is 2.43. The Bertz CT molecular complexity index is 699. The van der Waals surface area contributed by atoms with Gasteiger partial charge in [0.1, 0.15) is 5.82 Å². The van der Waals surface area contributed by atoms with Crippen molar-refractivity contribution in [3.05, 3.63) is 53.6 Å². The molecule has 1 heterocycles. The predicted molar refractivity (Wildman–Crippen MR) is 92.3 cm³/mol. The van der Waals surface area contributed by atoms with E-state index in [0.717, 1.165) is 30.8 Å². The number of benzene rings is 1. The van der Waals surface area contributed by atoms with Gasteiger partial charge in [0.2, 0.25) is 0 Å². The molecule has 1 atom stereocenters. The Labute approximate surface area is 142 Å². The van der Waals surface area contributed by atoms with E-state index in [0.29, 0.717) is 12.1 Å². The third-order valence-corrected chi connectivity index (χ3v) is 3.92. The fourth-order valence-corrected chi connectivity index (χ4v) is 2.43. The van der Waals surface area contributed by atoms with E-state index in [4.69, 9.17) is 5.26 Å². The molecule has 0 fully saturated rings. The Balaban J connectivity index is 1.65. The number of aromatic nitrogens is 2.